The number of anilines is 1. The van der Waals surface area contributed by atoms with Gasteiger partial charge in [-0.2, -0.15) is 8.78 Å². The first-order valence-electron chi connectivity index (χ1n) is 10.6. The van der Waals surface area contributed by atoms with Crippen LogP contribution in [0.4, 0.5) is 19.0 Å². The van der Waals surface area contributed by atoms with E-state index in [4.69, 9.17) is 11.7 Å². The standard InChI is InChI=1S/C23H21F3N8O2S/c1-33(28)21(32-27)34-18-12-14(24)10-11-17(18)30-22(34)37-13-15-6-5-9-19(29-15)31-20(35)23(25,26)36-16-7-3-2-4-8-16/h2-12H,13,27-28H2,1H3,(H,29,31,35)/b32-21+. The first-order valence-corrected chi connectivity index (χ1v) is 11.6. The normalized spacial score (nSPS) is 12.0. The van der Waals surface area contributed by atoms with Crippen molar-refractivity contribution in [3.05, 3.63) is 78.2 Å². The fraction of sp³-hybridized carbons (Fsp3) is 0.130. The Morgan fingerprint density at radius 1 is 1.16 bits per heavy atom. The van der Waals surface area contributed by atoms with Gasteiger partial charge in [-0.15, -0.1) is 5.10 Å². The number of pyridine rings is 1. The number of hydrazine groups is 1. The highest BCUT2D eigenvalue weighted by Gasteiger charge is 2.42. The Kier molecular flexibility index (Phi) is 7.50. The average molecular weight is 531 g/mol. The highest BCUT2D eigenvalue weighted by atomic mass is 32.2. The molecular formula is C23H21F3N8O2S. The molecule has 0 spiro atoms. The van der Waals surface area contributed by atoms with Gasteiger partial charge in [0.25, 0.3) is 0 Å². The van der Waals surface area contributed by atoms with Gasteiger partial charge in [-0.05, 0) is 36.4 Å². The van der Waals surface area contributed by atoms with Crippen molar-refractivity contribution in [2.24, 2.45) is 16.8 Å². The van der Waals surface area contributed by atoms with Crippen molar-refractivity contribution in [2.75, 3.05) is 12.4 Å². The Morgan fingerprint density at radius 3 is 2.62 bits per heavy atom. The van der Waals surface area contributed by atoms with E-state index in [0.717, 1.165) is 5.01 Å². The van der Waals surface area contributed by atoms with Gasteiger partial charge in [-0.1, -0.05) is 36.0 Å². The highest BCUT2D eigenvalue weighted by molar-refractivity contribution is 7.98. The molecule has 1 amide bonds. The summed E-state index contributed by atoms with van der Waals surface area (Å²) in [5, 5.41) is 7.28. The smallest absolute Gasteiger partial charge is 0.425 e. The van der Waals surface area contributed by atoms with E-state index < -0.39 is 17.8 Å². The van der Waals surface area contributed by atoms with E-state index in [0.29, 0.717) is 21.9 Å². The summed E-state index contributed by atoms with van der Waals surface area (Å²) < 4.78 is 48.5. The van der Waals surface area contributed by atoms with Crippen molar-refractivity contribution in [1.82, 2.24) is 19.5 Å². The van der Waals surface area contributed by atoms with Crippen molar-refractivity contribution in [3.8, 4) is 5.75 Å². The number of halogens is 3. The lowest BCUT2D eigenvalue weighted by atomic mass is 10.3. The number of hydrogen-bond acceptors (Lipinski definition) is 8. The number of rotatable bonds is 7. The molecule has 0 saturated heterocycles. The second-order valence-corrected chi connectivity index (χ2v) is 8.53. The number of carbonyl (C=O) groups is 1. The van der Waals surface area contributed by atoms with Gasteiger partial charge in [0.2, 0.25) is 5.96 Å². The van der Waals surface area contributed by atoms with Crippen LogP contribution >= 0.6 is 11.8 Å². The average Bonchev–Trinajstić information content (AvgIpc) is 3.21. The van der Waals surface area contributed by atoms with Gasteiger partial charge in [0.15, 0.2) is 5.16 Å². The van der Waals surface area contributed by atoms with Gasteiger partial charge < -0.3 is 15.9 Å². The van der Waals surface area contributed by atoms with Crippen molar-refractivity contribution >= 4 is 40.5 Å². The lowest BCUT2D eigenvalue weighted by Gasteiger charge is -2.17. The number of thioether (sulfide) groups is 1. The fourth-order valence-corrected chi connectivity index (χ4v) is 4.17. The number of benzene rings is 2. The number of alkyl halides is 2. The minimum absolute atomic E-state index is 0.0964. The lowest BCUT2D eigenvalue weighted by Crippen LogP contribution is -2.40. The maximum Gasteiger partial charge on any atom is 0.482 e. The number of nitrogens with one attached hydrogen (secondary N) is 1. The van der Waals surface area contributed by atoms with Crippen molar-refractivity contribution < 1.29 is 22.7 Å². The van der Waals surface area contributed by atoms with E-state index in [-0.39, 0.29) is 23.3 Å². The molecule has 0 aliphatic rings. The molecule has 0 radical (unpaired) electrons. The maximum absolute atomic E-state index is 14.3. The molecule has 0 fully saturated rings. The number of aromatic nitrogens is 3. The molecule has 14 heteroatoms. The van der Waals surface area contributed by atoms with Crippen LogP contribution in [0.1, 0.15) is 5.69 Å². The number of nitrogens with two attached hydrogens (primary N) is 2. The van der Waals surface area contributed by atoms with E-state index in [1.165, 1.54) is 71.9 Å². The molecule has 2 heterocycles. The van der Waals surface area contributed by atoms with E-state index >= 15 is 0 Å². The molecule has 10 nitrogen and oxygen atoms in total. The third-order valence-electron chi connectivity index (χ3n) is 4.87. The quantitative estimate of drug-likeness (QED) is 0.109. The molecule has 192 valence electrons. The number of nitrogens with zero attached hydrogens (tertiary/aromatic N) is 5. The molecule has 0 aliphatic heterocycles. The topological polar surface area (TPSA) is 137 Å². The first kappa shape index (κ1) is 25.8. The largest absolute Gasteiger partial charge is 0.482 e. The molecular weight excluding hydrogens is 509 g/mol. The van der Waals surface area contributed by atoms with E-state index in [2.05, 4.69) is 25.1 Å². The zero-order valence-electron chi connectivity index (χ0n) is 19.3. The summed E-state index contributed by atoms with van der Waals surface area (Å²) in [6.45, 7) is 0. The minimum Gasteiger partial charge on any atom is -0.425 e. The van der Waals surface area contributed by atoms with Crippen molar-refractivity contribution in [2.45, 2.75) is 17.0 Å². The zero-order chi connectivity index (χ0) is 26.6. The Balaban J connectivity index is 1.52. The summed E-state index contributed by atoms with van der Waals surface area (Å²) >= 11 is 1.19. The molecule has 2 aromatic carbocycles. The van der Waals surface area contributed by atoms with Crippen LogP contribution in [-0.4, -0.2) is 44.6 Å². The minimum atomic E-state index is -4.12. The summed E-state index contributed by atoms with van der Waals surface area (Å²) in [4.78, 5) is 20.9. The number of ether oxygens (including phenoxy) is 1. The number of carbonyl (C=O) groups excluding carboxylic acids is 1. The Morgan fingerprint density at radius 2 is 1.92 bits per heavy atom. The molecule has 0 atom stereocenters. The second kappa shape index (κ2) is 10.8. The molecule has 0 aliphatic carbocycles. The van der Waals surface area contributed by atoms with E-state index in [9.17, 15) is 18.0 Å². The number of para-hydroxylation sites is 1. The van der Waals surface area contributed by atoms with Crippen LogP contribution in [0.2, 0.25) is 0 Å². The fourth-order valence-electron chi connectivity index (χ4n) is 3.26. The van der Waals surface area contributed by atoms with Crippen molar-refractivity contribution in [1.29, 1.82) is 0 Å². The molecule has 37 heavy (non-hydrogen) atoms. The summed E-state index contributed by atoms with van der Waals surface area (Å²) in [6, 6.07) is 15.9. The van der Waals surface area contributed by atoms with Crippen LogP contribution in [0.5, 0.6) is 5.75 Å². The molecule has 5 N–H and O–H groups in total. The third kappa shape index (κ3) is 5.92. The molecule has 0 unspecified atom stereocenters. The molecule has 0 saturated carbocycles. The number of fused-ring (bicyclic) bond motifs is 1. The third-order valence-corrected chi connectivity index (χ3v) is 5.84. The molecule has 4 rings (SSSR count). The van der Waals surface area contributed by atoms with E-state index in [1.807, 2.05) is 0 Å². The Bertz CT molecular complexity index is 1450. The van der Waals surface area contributed by atoms with Crippen LogP contribution in [0, 0.1) is 5.82 Å². The predicted octanol–water partition coefficient (Wildman–Crippen LogP) is 3.36. The highest BCUT2D eigenvalue weighted by Crippen LogP contribution is 2.28. The summed E-state index contributed by atoms with van der Waals surface area (Å²) in [7, 11) is 1.51. The van der Waals surface area contributed by atoms with Crippen LogP contribution in [0.25, 0.3) is 11.0 Å². The Hall–Kier alpha value is -4.30. The summed E-state index contributed by atoms with van der Waals surface area (Å²) in [6.07, 6.45) is -4.12. The van der Waals surface area contributed by atoms with Crippen LogP contribution in [0.3, 0.4) is 0 Å². The maximum atomic E-state index is 14.3. The number of amides is 1. The van der Waals surface area contributed by atoms with Crippen LogP contribution in [-0.2, 0) is 10.5 Å². The number of imidazole rings is 1. The number of hydrazone groups is 1. The molecule has 0 bridgehead atoms. The molecule has 4 aromatic rings. The van der Waals surface area contributed by atoms with Gasteiger partial charge in [-0.25, -0.2) is 20.2 Å². The Labute approximate surface area is 213 Å². The van der Waals surface area contributed by atoms with Gasteiger partial charge in [0.05, 0.1) is 16.7 Å². The lowest BCUT2D eigenvalue weighted by molar-refractivity contribution is -0.187. The summed E-state index contributed by atoms with van der Waals surface area (Å²) in [5.41, 5.74) is 1.30. The molecule has 2 aromatic heterocycles. The van der Waals surface area contributed by atoms with E-state index in [1.54, 1.807) is 18.2 Å². The monoisotopic (exact) mass is 530 g/mol. The van der Waals surface area contributed by atoms with Gasteiger partial charge in [0, 0.05) is 18.9 Å². The second-order valence-electron chi connectivity index (χ2n) is 7.59. The van der Waals surface area contributed by atoms with Crippen LogP contribution in [0.15, 0.2) is 77.0 Å². The SMILES string of the molecule is CN(N)/C(=N\N)n1c(SCc2cccc(NC(=O)C(F)(F)Oc3ccccc3)n2)nc2ccc(F)cc21. The van der Waals surface area contributed by atoms with Gasteiger partial charge in [0.1, 0.15) is 17.4 Å². The van der Waals surface area contributed by atoms with Gasteiger partial charge >= 0.3 is 12.0 Å². The zero-order valence-corrected chi connectivity index (χ0v) is 20.1. The van der Waals surface area contributed by atoms with Crippen LogP contribution < -0.4 is 21.7 Å². The number of hydrogen-bond donors (Lipinski definition) is 3. The van der Waals surface area contributed by atoms with Gasteiger partial charge in [-0.3, -0.25) is 14.4 Å². The summed E-state index contributed by atoms with van der Waals surface area (Å²) in [5.74, 6) is 9.24. The first-order chi connectivity index (χ1) is 17.7. The predicted molar refractivity (Wildman–Crippen MR) is 133 cm³/mol. The van der Waals surface area contributed by atoms with Crippen molar-refractivity contribution in [3.63, 3.8) is 0 Å².